The van der Waals surface area contributed by atoms with Crippen LogP contribution in [-0.4, -0.2) is 24.9 Å². The van der Waals surface area contributed by atoms with Gasteiger partial charge in [0.05, 0.1) is 5.56 Å². The second-order valence-corrected chi connectivity index (χ2v) is 3.24. The molecule has 0 saturated heterocycles. The van der Waals surface area contributed by atoms with Gasteiger partial charge in [0, 0.05) is 13.6 Å². The van der Waals surface area contributed by atoms with Gasteiger partial charge >= 0.3 is 6.18 Å². The second kappa shape index (κ2) is 4.51. The van der Waals surface area contributed by atoms with Gasteiger partial charge < -0.3 is 4.90 Å². The van der Waals surface area contributed by atoms with E-state index in [0.29, 0.717) is 12.8 Å². The van der Waals surface area contributed by atoms with Crippen molar-refractivity contribution in [1.82, 2.24) is 4.98 Å². The first-order valence-corrected chi connectivity index (χ1v) is 4.64. The van der Waals surface area contributed by atoms with Crippen LogP contribution < -0.4 is 4.90 Å². The van der Waals surface area contributed by atoms with Crippen LogP contribution in [0.2, 0.25) is 0 Å². The molecule has 6 heteroatoms. The van der Waals surface area contributed by atoms with Gasteiger partial charge in [-0.1, -0.05) is 0 Å². The van der Waals surface area contributed by atoms with Crippen molar-refractivity contribution in [3.8, 4) is 0 Å². The molecule has 0 fully saturated rings. The molecule has 0 radical (unpaired) electrons. The molecule has 16 heavy (non-hydrogen) atoms. The molecule has 3 nitrogen and oxygen atoms in total. The quantitative estimate of drug-likeness (QED) is 0.750. The molecule has 0 aliphatic carbocycles. The van der Waals surface area contributed by atoms with Crippen molar-refractivity contribution >= 4 is 12.1 Å². The Kier molecular flexibility index (Phi) is 3.51. The normalized spacial score (nSPS) is 11.3. The third-order valence-electron chi connectivity index (χ3n) is 2.16. The smallest absolute Gasteiger partial charge is 0.359 e. The van der Waals surface area contributed by atoms with Crippen LogP contribution in [0.3, 0.4) is 0 Å². The molecule has 1 heterocycles. The van der Waals surface area contributed by atoms with Crippen LogP contribution >= 0.6 is 0 Å². The molecule has 0 unspecified atom stereocenters. The third kappa shape index (κ3) is 2.50. The second-order valence-electron chi connectivity index (χ2n) is 3.24. The molecule has 1 rings (SSSR count). The van der Waals surface area contributed by atoms with Crippen LogP contribution in [-0.2, 0) is 6.18 Å². The highest BCUT2D eigenvalue weighted by Gasteiger charge is 2.33. The molecule has 0 aliphatic heterocycles. The molecule has 0 saturated carbocycles. The predicted octanol–water partition coefficient (Wildman–Crippen LogP) is 2.37. The van der Waals surface area contributed by atoms with Crippen molar-refractivity contribution in [2.24, 2.45) is 0 Å². The molecule has 0 spiro atoms. The Balaban J connectivity index is 3.27. The topological polar surface area (TPSA) is 33.2 Å². The Hall–Kier alpha value is -1.59. The fraction of sp³-hybridized carbons (Fsp3) is 0.400. The number of nitrogens with zero attached hydrogens (tertiary/aromatic N) is 2. The Bertz CT molecular complexity index is 390. The zero-order valence-electron chi connectivity index (χ0n) is 8.88. The molecule has 88 valence electrons. The van der Waals surface area contributed by atoms with Crippen LogP contribution in [0.1, 0.15) is 23.0 Å². The van der Waals surface area contributed by atoms with Gasteiger partial charge in [-0.05, 0) is 19.1 Å². The number of anilines is 1. The number of halogens is 3. The SMILES string of the molecule is CCN(C)c1nc(C(F)(F)F)ccc1C=O. The highest BCUT2D eigenvalue weighted by atomic mass is 19.4. The van der Waals surface area contributed by atoms with Crippen molar-refractivity contribution in [3.05, 3.63) is 23.4 Å². The molecule has 0 atom stereocenters. The maximum absolute atomic E-state index is 12.4. The first-order valence-electron chi connectivity index (χ1n) is 4.64. The summed E-state index contributed by atoms with van der Waals surface area (Å²) in [4.78, 5) is 15.6. The average molecular weight is 232 g/mol. The highest BCUT2D eigenvalue weighted by molar-refractivity contribution is 5.82. The molecule has 0 aliphatic rings. The van der Waals surface area contributed by atoms with E-state index in [4.69, 9.17) is 0 Å². The monoisotopic (exact) mass is 232 g/mol. The van der Waals surface area contributed by atoms with Crippen molar-refractivity contribution in [1.29, 1.82) is 0 Å². The van der Waals surface area contributed by atoms with Crippen LogP contribution in [0.15, 0.2) is 12.1 Å². The third-order valence-corrected chi connectivity index (χ3v) is 2.16. The molecule has 1 aromatic heterocycles. The van der Waals surface area contributed by atoms with Gasteiger partial charge in [-0.2, -0.15) is 13.2 Å². The molecular formula is C10H11F3N2O. The van der Waals surface area contributed by atoms with E-state index in [-0.39, 0.29) is 11.4 Å². The molecule has 0 aromatic carbocycles. The Morgan fingerprint density at radius 2 is 2.06 bits per heavy atom. The first-order chi connectivity index (χ1) is 7.40. The maximum atomic E-state index is 12.4. The van der Waals surface area contributed by atoms with Gasteiger partial charge in [0.15, 0.2) is 6.29 Å². The maximum Gasteiger partial charge on any atom is 0.433 e. The number of carbonyl (C=O) groups is 1. The Labute approximate surface area is 90.9 Å². The number of aromatic nitrogens is 1. The lowest BCUT2D eigenvalue weighted by Gasteiger charge is -2.18. The summed E-state index contributed by atoms with van der Waals surface area (Å²) in [5, 5.41) is 0. The molecule has 1 aromatic rings. The van der Waals surface area contributed by atoms with E-state index < -0.39 is 11.9 Å². The average Bonchev–Trinajstić information content (AvgIpc) is 2.25. The zero-order valence-corrected chi connectivity index (χ0v) is 8.88. The molecule has 0 bridgehead atoms. The molecule has 0 amide bonds. The van der Waals surface area contributed by atoms with E-state index in [1.165, 1.54) is 4.90 Å². The Morgan fingerprint density at radius 1 is 1.44 bits per heavy atom. The summed E-state index contributed by atoms with van der Waals surface area (Å²) >= 11 is 0. The van der Waals surface area contributed by atoms with E-state index in [2.05, 4.69) is 4.98 Å². The van der Waals surface area contributed by atoms with Crippen molar-refractivity contribution < 1.29 is 18.0 Å². The summed E-state index contributed by atoms with van der Waals surface area (Å²) in [7, 11) is 1.58. The van der Waals surface area contributed by atoms with Gasteiger partial charge in [-0.25, -0.2) is 4.98 Å². The number of aldehydes is 1. The number of rotatable bonds is 3. The predicted molar refractivity (Wildman–Crippen MR) is 53.6 cm³/mol. The number of alkyl halides is 3. The van der Waals surface area contributed by atoms with Gasteiger partial charge in [0.25, 0.3) is 0 Å². The van der Waals surface area contributed by atoms with Crippen LogP contribution in [0.5, 0.6) is 0 Å². The summed E-state index contributed by atoms with van der Waals surface area (Å²) in [6.45, 7) is 2.23. The fourth-order valence-electron chi connectivity index (χ4n) is 1.16. The van der Waals surface area contributed by atoms with E-state index in [9.17, 15) is 18.0 Å². The minimum atomic E-state index is -4.50. The van der Waals surface area contributed by atoms with Crippen molar-refractivity contribution in [3.63, 3.8) is 0 Å². The van der Waals surface area contributed by atoms with Gasteiger partial charge in [-0.15, -0.1) is 0 Å². The molecular weight excluding hydrogens is 221 g/mol. The number of pyridine rings is 1. The summed E-state index contributed by atoms with van der Waals surface area (Å²) < 4.78 is 37.2. The van der Waals surface area contributed by atoms with Crippen LogP contribution in [0.4, 0.5) is 19.0 Å². The largest absolute Gasteiger partial charge is 0.433 e. The van der Waals surface area contributed by atoms with Crippen LogP contribution in [0.25, 0.3) is 0 Å². The lowest BCUT2D eigenvalue weighted by atomic mass is 10.2. The Morgan fingerprint density at radius 3 is 2.50 bits per heavy atom. The summed E-state index contributed by atoms with van der Waals surface area (Å²) in [6, 6.07) is 1.93. The number of hydrogen-bond donors (Lipinski definition) is 0. The summed E-state index contributed by atoms with van der Waals surface area (Å²) in [6.07, 6.45) is -4.00. The van der Waals surface area contributed by atoms with E-state index in [1.807, 2.05) is 0 Å². The van der Waals surface area contributed by atoms with Crippen molar-refractivity contribution in [2.45, 2.75) is 13.1 Å². The fourth-order valence-corrected chi connectivity index (χ4v) is 1.16. The van der Waals surface area contributed by atoms with E-state index in [1.54, 1.807) is 14.0 Å². The van der Waals surface area contributed by atoms with Gasteiger partial charge in [0.2, 0.25) is 0 Å². The number of carbonyl (C=O) groups excluding carboxylic acids is 1. The number of hydrogen-bond acceptors (Lipinski definition) is 3. The van der Waals surface area contributed by atoms with E-state index >= 15 is 0 Å². The van der Waals surface area contributed by atoms with Gasteiger partial charge in [-0.3, -0.25) is 4.79 Å². The summed E-state index contributed by atoms with van der Waals surface area (Å²) in [5.41, 5.74) is -0.842. The zero-order chi connectivity index (χ0) is 12.3. The minimum absolute atomic E-state index is 0.0484. The lowest BCUT2D eigenvalue weighted by molar-refractivity contribution is -0.141. The van der Waals surface area contributed by atoms with Gasteiger partial charge in [0.1, 0.15) is 11.5 Å². The highest BCUT2D eigenvalue weighted by Crippen LogP contribution is 2.29. The molecule has 0 N–H and O–H groups in total. The van der Waals surface area contributed by atoms with E-state index in [0.717, 1.165) is 12.1 Å². The first kappa shape index (κ1) is 12.5. The lowest BCUT2D eigenvalue weighted by Crippen LogP contribution is -2.21. The minimum Gasteiger partial charge on any atom is -0.359 e. The van der Waals surface area contributed by atoms with Crippen LogP contribution in [0, 0.1) is 0 Å². The standard InChI is InChI=1S/C10H11F3N2O/c1-3-15(2)9-7(6-16)4-5-8(14-9)10(11,12)13/h4-6H,3H2,1-2H3. The van der Waals surface area contributed by atoms with Crippen molar-refractivity contribution in [2.75, 3.05) is 18.5 Å². The summed E-state index contributed by atoms with van der Waals surface area (Å²) in [5.74, 6) is 0.0484.